The molecule has 1 amide bonds. The van der Waals surface area contributed by atoms with E-state index in [4.69, 9.17) is 0 Å². The number of hydrogen-bond donors (Lipinski definition) is 1. The van der Waals surface area contributed by atoms with Crippen LogP contribution < -0.4 is 5.32 Å². The fraction of sp³-hybridized carbons (Fsp3) is 0.158. The first-order valence-electron chi connectivity index (χ1n) is 7.58. The topological polar surface area (TPSA) is 46.9 Å². The molecule has 0 radical (unpaired) electrons. The Labute approximate surface area is 135 Å². The summed E-state index contributed by atoms with van der Waals surface area (Å²) in [4.78, 5) is 12.2. The van der Waals surface area contributed by atoms with Crippen molar-refractivity contribution in [3.05, 3.63) is 71.9 Å². The van der Waals surface area contributed by atoms with Crippen molar-refractivity contribution in [2.45, 2.75) is 20.4 Å². The SMILES string of the molecule is Cc1cccc(NC(=O)Cn2nc(-c3ccccc3)cc2C)c1. The monoisotopic (exact) mass is 305 g/mol. The molecule has 0 saturated carbocycles. The predicted molar refractivity (Wildman–Crippen MR) is 92.2 cm³/mol. The van der Waals surface area contributed by atoms with Gasteiger partial charge in [0, 0.05) is 16.9 Å². The predicted octanol–water partition coefficient (Wildman–Crippen LogP) is 3.81. The molecule has 2 aromatic carbocycles. The van der Waals surface area contributed by atoms with Gasteiger partial charge in [-0.25, -0.2) is 0 Å². The van der Waals surface area contributed by atoms with E-state index < -0.39 is 0 Å². The Hall–Kier alpha value is -2.88. The molecule has 0 fully saturated rings. The Morgan fingerprint density at radius 1 is 1.04 bits per heavy atom. The van der Waals surface area contributed by atoms with Crippen LogP contribution in [0.2, 0.25) is 0 Å². The molecule has 116 valence electrons. The van der Waals surface area contributed by atoms with E-state index in [1.165, 1.54) is 0 Å². The van der Waals surface area contributed by atoms with Gasteiger partial charge in [-0.1, -0.05) is 42.5 Å². The van der Waals surface area contributed by atoms with Crippen molar-refractivity contribution >= 4 is 11.6 Å². The molecule has 1 heterocycles. The summed E-state index contributed by atoms with van der Waals surface area (Å²) in [6.07, 6.45) is 0. The van der Waals surface area contributed by atoms with Crippen LogP contribution in [0.15, 0.2) is 60.7 Å². The zero-order chi connectivity index (χ0) is 16.2. The molecule has 0 atom stereocenters. The minimum absolute atomic E-state index is 0.0820. The smallest absolute Gasteiger partial charge is 0.246 e. The lowest BCUT2D eigenvalue weighted by Gasteiger charge is -2.07. The van der Waals surface area contributed by atoms with Gasteiger partial charge in [0.05, 0.1) is 5.69 Å². The van der Waals surface area contributed by atoms with Crippen molar-refractivity contribution in [3.8, 4) is 11.3 Å². The van der Waals surface area contributed by atoms with Crippen molar-refractivity contribution in [2.24, 2.45) is 0 Å². The number of anilines is 1. The van der Waals surface area contributed by atoms with E-state index >= 15 is 0 Å². The van der Waals surface area contributed by atoms with Gasteiger partial charge in [-0.2, -0.15) is 5.10 Å². The third-order valence-corrected chi connectivity index (χ3v) is 3.65. The van der Waals surface area contributed by atoms with Crippen molar-refractivity contribution in [1.82, 2.24) is 9.78 Å². The first kappa shape index (κ1) is 15.0. The van der Waals surface area contributed by atoms with Crippen LogP contribution in [-0.2, 0) is 11.3 Å². The molecule has 0 spiro atoms. The second-order valence-corrected chi connectivity index (χ2v) is 5.61. The van der Waals surface area contributed by atoms with Crippen molar-refractivity contribution in [3.63, 3.8) is 0 Å². The minimum Gasteiger partial charge on any atom is -0.324 e. The maximum absolute atomic E-state index is 12.2. The molecule has 3 rings (SSSR count). The number of carbonyl (C=O) groups excluding carboxylic acids is 1. The minimum atomic E-state index is -0.0820. The molecule has 0 aliphatic heterocycles. The second kappa shape index (κ2) is 6.48. The summed E-state index contributed by atoms with van der Waals surface area (Å²) in [5.41, 5.74) is 4.82. The van der Waals surface area contributed by atoms with Crippen molar-refractivity contribution in [1.29, 1.82) is 0 Å². The summed E-state index contributed by atoms with van der Waals surface area (Å²) in [6, 6.07) is 19.7. The Balaban J connectivity index is 1.73. The van der Waals surface area contributed by atoms with Gasteiger partial charge in [-0.3, -0.25) is 9.48 Å². The average Bonchev–Trinajstić information content (AvgIpc) is 2.89. The van der Waals surface area contributed by atoms with E-state index in [2.05, 4.69) is 10.4 Å². The molecule has 4 nitrogen and oxygen atoms in total. The largest absolute Gasteiger partial charge is 0.324 e. The van der Waals surface area contributed by atoms with E-state index in [1.807, 2.05) is 74.5 Å². The van der Waals surface area contributed by atoms with Crippen molar-refractivity contribution < 1.29 is 4.79 Å². The Morgan fingerprint density at radius 3 is 2.57 bits per heavy atom. The first-order chi connectivity index (χ1) is 11.1. The standard InChI is InChI=1S/C19H19N3O/c1-14-7-6-10-17(11-14)20-19(23)13-22-15(2)12-18(21-22)16-8-4-3-5-9-16/h3-12H,13H2,1-2H3,(H,20,23). The highest BCUT2D eigenvalue weighted by Gasteiger charge is 2.10. The van der Waals surface area contributed by atoms with Crippen LogP contribution in [0.25, 0.3) is 11.3 Å². The highest BCUT2D eigenvalue weighted by atomic mass is 16.2. The van der Waals surface area contributed by atoms with Crippen LogP contribution in [0.4, 0.5) is 5.69 Å². The Bertz CT molecular complexity index is 822. The third-order valence-electron chi connectivity index (χ3n) is 3.65. The summed E-state index contributed by atoms with van der Waals surface area (Å²) in [5, 5.41) is 7.44. The van der Waals surface area contributed by atoms with Crippen LogP contribution in [-0.4, -0.2) is 15.7 Å². The lowest BCUT2D eigenvalue weighted by molar-refractivity contribution is -0.116. The molecule has 0 bridgehead atoms. The molecule has 0 unspecified atom stereocenters. The highest BCUT2D eigenvalue weighted by Crippen LogP contribution is 2.18. The van der Waals surface area contributed by atoms with E-state index in [1.54, 1.807) is 4.68 Å². The quantitative estimate of drug-likeness (QED) is 0.797. The molecular weight excluding hydrogens is 286 g/mol. The number of aromatic nitrogens is 2. The van der Waals surface area contributed by atoms with Gasteiger partial charge in [-0.15, -0.1) is 0 Å². The van der Waals surface area contributed by atoms with E-state index in [-0.39, 0.29) is 12.5 Å². The summed E-state index contributed by atoms with van der Waals surface area (Å²) >= 11 is 0. The lowest BCUT2D eigenvalue weighted by atomic mass is 10.1. The number of nitrogens with zero attached hydrogens (tertiary/aromatic N) is 2. The van der Waals surface area contributed by atoms with Gasteiger partial charge < -0.3 is 5.32 Å². The second-order valence-electron chi connectivity index (χ2n) is 5.61. The molecule has 0 saturated heterocycles. The molecule has 1 N–H and O–H groups in total. The zero-order valence-electron chi connectivity index (χ0n) is 13.3. The van der Waals surface area contributed by atoms with Gasteiger partial charge in [0.2, 0.25) is 5.91 Å². The summed E-state index contributed by atoms with van der Waals surface area (Å²) in [5.74, 6) is -0.0820. The summed E-state index contributed by atoms with van der Waals surface area (Å²) in [7, 11) is 0. The number of nitrogens with one attached hydrogen (secondary N) is 1. The van der Waals surface area contributed by atoms with E-state index in [0.717, 1.165) is 28.2 Å². The number of rotatable bonds is 4. The molecular formula is C19H19N3O. The number of benzene rings is 2. The molecule has 0 aliphatic rings. The van der Waals surface area contributed by atoms with Crippen LogP contribution in [0.1, 0.15) is 11.3 Å². The van der Waals surface area contributed by atoms with Gasteiger partial charge in [0.1, 0.15) is 6.54 Å². The molecule has 23 heavy (non-hydrogen) atoms. The van der Waals surface area contributed by atoms with Gasteiger partial charge in [-0.05, 0) is 37.6 Å². The van der Waals surface area contributed by atoms with Crippen LogP contribution in [0.5, 0.6) is 0 Å². The summed E-state index contributed by atoms with van der Waals surface area (Å²) < 4.78 is 1.73. The normalized spacial score (nSPS) is 10.5. The Morgan fingerprint density at radius 2 is 1.83 bits per heavy atom. The maximum Gasteiger partial charge on any atom is 0.246 e. The van der Waals surface area contributed by atoms with E-state index in [0.29, 0.717) is 0 Å². The number of hydrogen-bond acceptors (Lipinski definition) is 2. The zero-order valence-corrected chi connectivity index (χ0v) is 13.3. The Kier molecular flexibility index (Phi) is 4.24. The maximum atomic E-state index is 12.2. The van der Waals surface area contributed by atoms with Crippen molar-refractivity contribution in [2.75, 3.05) is 5.32 Å². The van der Waals surface area contributed by atoms with E-state index in [9.17, 15) is 4.79 Å². The number of carbonyl (C=O) groups is 1. The average molecular weight is 305 g/mol. The molecule has 1 aromatic heterocycles. The fourth-order valence-electron chi connectivity index (χ4n) is 2.48. The third kappa shape index (κ3) is 3.66. The van der Waals surface area contributed by atoms with Gasteiger partial charge >= 0.3 is 0 Å². The summed E-state index contributed by atoms with van der Waals surface area (Å²) in [6.45, 7) is 4.16. The molecule has 0 aliphatic carbocycles. The highest BCUT2D eigenvalue weighted by molar-refractivity contribution is 5.90. The fourth-order valence-corrected chi connectivity index (χ4v) is 2.48. The van der Waals surface area contributed by atoms with Gasteiger partial charge in [0.15, 0.2) is 0 Å². The van der Waals surface area contributed by atoms with Crippen LogP contribution >= 0.6 is 0 Å². The number of aryl methyl sites for hydroxylation is 2. The molecule has 4 heteroatoms. The number of amides is 1. The first-order valence-corrected chi connectivity index (χ1v) is 7.58. The van der Waals surface area contributed by atoms with Crippen LogP contribution in [0.3, 0.4) is 0 Å². The van der Waals surface area contributed by atoms with Gasteiger partial charge in [0.25, 0.3) is 0 Å². The van der Waals surface area contributed by atoms with Crippen LogP contribution in [0, 0.1) is 13.8 Å². The molecule has 3 aromatic rings. The lowest BCUT2D eigenvalue weighted by Crippen LogP contribution is -2.20.